The molecule has 4 rings (SSSR count). The Morgan fingerprint density at radius 2 is 1.65 bits per heavy atom. The number of benzene rings is 3. The molecule has 2 N–H and O–H groups in total. The molecule has 0 unspecified atom stereocenters. The number of nitrogens with zero attached hydrogens (tertiary/aromatic N) is 2. The third-order valence-electron chi connectivity index (χ3n) is 5.31. The molecule has 0 aliphatic rings. The number of hydrogen-bond acceptors (Lipinski definition) is 5. The van der Waals surface area contributed by atoms with Gasteiger partial charge in [0.2, 0.25) is 9.84 Å². The molecule has 0 fully saturated rings. The van der Waals surface area contributed by atoms with E-state index in [2.05, 4.69) is 10.4 Å². The second-order valence-corrected chi connectivity index (χ2v) is 9.92. The second-order valence-electron chi connectivity index (χ2n) is 8.05. The minimum Gasteiger partial charge on any atom is -0.481 e. The molecule has 4 aromatic rings. The first-order chi connectivity index (χ1) is 16.1. The summed E-state index contributed by atoms with van der Waals surface area (Å²) >= 11 is 0. The monoisotopic (exact) mass is 477 g/mol. The molecule has 1 aromatic heterocycles. The van der Waals surface area contributed by atoms with E-state index < -0.39 is 21.7 Å². The molecule has 1 amide bonds. The van der Waals surface area contributed by atoms with Crippen LogP contribution < -0.4 is 5.32 Å². The summed E-state index contributed by atoms with van der Waals surface area (Å²) in [4.78, 5) is 24.0. The number of nitrogens with one attached hydrogen (secondary N) is 1. The van der Waals surface area contributed by atoms with Gasteiger partial charge in [0.15, 0.2) is 5.03 Å². The molecular weight excluding hydrogens is 454 g/mol. The molecule has 174 valence electrons. The number of carboxylic acids is 1. The second kappa shape index (κ2) is 9.11. The predicted octanol–water partition coefficient (Wildman–Crippen LogP) is 4.21. The van der Waals surface area contributed by atoms with E-state index in [1.807, 2.05) is 26.0 Å². The van der Waals surface area contributed by atoms with Gasteiger partial charge in [-0.1, -0.05) is 24.3 Å². The Morgan fingerprint density at radius 1 is 0.971 bits per heavy atom. The number of aryl methyl sites for hydroxylation is 3. The van der Waals surface area contributed by atoms with Gasteiger partial charge in [-0.25, -0.2) is 8.42 Å². The molecule has 1 heterocycles. The number of carbonyl (C=O) groups excluding carboxylic acids is 1. The summed E-state index contributed by atoms with van der Waals surface area (Å²) < 4.78 is 28.5. The van der Waals surface area contributed by atoms with Gasteiger partial charge in [0.05, 0.1) is 23.4 Å². The zero-order chi connectivity index (χ0) is 24.5. The maximum absolute atomic E-state index is 13.6. The molecule has 0 saturated carbocycles. The Balaban J connectivity index is 1.84. The number of sulfone groups is 1. The minimum atomic E-state index is -4.04. The molecule has 9 heteroatoms. The lowest BCUT2D eigenvalue weighted by Gasteiger charge is -2.07. The Bertz CT molecular complexity index is 1490. The fourth-order valence-electron chi connectivity index (χ4n) is 3.79. The third kappa shape index (κ3) is 4.69. The summed E-state index contributed by atoms with van der Waals surface area (Å²) in [6.07, 6.45) is -0.226. The first-order valence-electron chi connectivity index (χ1n) is 10.6. The Hall–Kier alpha value is -3.98. The number of para-hydroxylation sites is 1. The van der Waals surface area contributed by atoms with Crippen LogP contribution >= 0.6 is 0 Å². The van der Waals surface area contributed by atoms with Crippen LogP contribution in [-0.4, -0.2) is 35.2 Å². The molecule has 0 bridgehead atoms. The van der Waals surface area contributed by atoms with Crippen LogP contribution in [0.3, 0.4) is 0 Å². The first kappa shape index (κ1) is 23.2. The third-order valence-corrected chi connectivity index (χ3v) is 6.97. The summed E-state index contributed by atoms with van der Waals surface area (Å²) in [6.45, 7) is 3.60. The van der Waals surface area contributed by atoms with Gasteiger partial charge < -0.3 is 10.4 Å². The number of aromatic nitrogens is 2. The molecule has 0 atom stereocenters. The van der Waals surface area contributed by atoms with Crippen LogP contribution in [0.15, 0.2) is 76.7 Å². The number of hydrogen-bond donors (Lipinski definition) is 2. The van der Waals surface area contributed by atoms with Crippen molar-refractivity contribution < 1.29 is 23.1 Å². The molecule has 0 spiro atoms. The number of carbonyl (C=O) groups is 2. The van der Waals surface area contributed by atoms with Gasteiger partial charge in [0, 0.05) is 16.6 Å². The lowest BCUT2D eigenvalue weighted by molar-refractivity contribution is -0.137. The summed E-state index contributed by atoms with van der Waals surface area (Å²) in [5.41, 5.74) is 2.87. The average Bonchev–Trinajstić information content (AvgIpc) is 3.16. The van der Waals surface area contributed by atoms with Gasteiger partial charge in [-0.3, -0.25) is 14.3 Å². The van der Waals surface area contributed by atoms with E-state index in [1.54, 1.807) is 48.5 Å². The van der Waals surface area contributed by atoms with E-state index in [4.69, 9.17) is 5.11 Å². The van der Waals surface area contributed by atoms with Crippen molar-refractivity contribution in [2.24, 2.45) is 0 Å². The predicted molar refractivity (Wildman–Crippen MR) is 128 cm³/mol. The summed E-state index contributed by atoms with van der Waals surface area (Å²) in [5, 5.41) is 16.2. The molecule has 34 heavy (non-hydrogen) atoms. The number of rotatable bonds is 7. The van der Waals surface area contributed by atoms with Crippen LogP contribution in [-0.2, 0) is 21.2 Å². The first-order valence-corrected chi connectivity index (χ1v) is 12.1. The van der Waals surface area contributed by atoms with Crippen LogP contribution in [0.5, 0.6) is 0 Å². The highest BCUT2D eigenvalue weighted by Gasteiger charge is 2.27. The molecular formula is C25H23N3O5S. The Morgan fingerprint density at radius 3 is 2.29 bits per heavy atom. The highest BCUT2D eigenvalue weighted by molar-refractivity contribution is 7.91. The maximum Gasteiger partial charge on any atom is 0.305 e. The van der Waals surface area contributed by atoms with E-state index in [0.29, 0.717) is 11.2 Å². The standard InChI is InChI=1S/C25H23N3O5S/c1-16-12-17(2)14-20(13-16)34(32,33)25-21-15-18(24(31)26-19-6-4-3-5-7-19)8-9-22(21)28(27-25)11-10-23(29)30/h3-9,12-15H,10-11H2,1-2H3,(H,26,31)(H,29,30). The van der Waals surface area contributed by atoms with Crippen LogP contribution in [0.4, 0.5) is 5.69 Å². The quantitative estimate of drug-likeness (QED) is 0.412. The van der Waals surface area contributed by atoms with Gasteiger partial charge in [0.25, 0.3) is 5.91 Å². The number of anilines is 1. The smallest absolute Gasteiger partial charge is 0.305 e. The zero-order valence-electron chi connectivity index (χ0n) is 18.6. The van der Waals surface area contributed by atoms with Crippen molar-refractivity contribution >= 4 is 38.3 Å². The minimum absolute atomic E-state index is 0.0102. The summed E-state index contributed by atoms with van der Waals surface area (Å²) in [6, 6.07) is 18.5. The van der Waals surface area contributed by atoms with E-state index in [9.17, 15) is 18.0 Å². The van der Waals surface area contributed by atoms with Gasteiger partial charge >= 0.3 is 5.97 Å². The van der Waals surface area contributed by atoms with Crippen LogP contribution in [0.2, 0.25) is 0 Å². The Kier molecular flexibility index (Phi) is 6.21. The fourth-order valence-corrected chi connectivity index (χ4v) is 5.35. The number of carboxylic acid groups (broad SMARTS) is 1. The van der Waals surface area contributed by atoms with Crippen molar-refractivity contribution in [2.75, 3.05) is 5.32 Å². The van der Waals surface area contributed by atoms with Gasteiger partial charge in [-0.05, 0) is 67.4 Å². The van der Waals surface area contributed by atoms with Crippen molar-refractivity contribution in [2.45, 2.75) is 36.7 Å². The summed E-state index contributed by atoms with van der Waals surface area (Å²) in [7, 11) is -4.04. The number of amides is 1. The van der Waals surface area contributed by atoms with Crippen LogP contribution in [0, 0.1) is 13.8 Å². The van der Waals surface area contributed by atoms with Crippen molar-refractivity contribution in [3.05, 3.63) is 83.4 Å². The largest absolute Gasteiger partial charge is 0.481 e. The molecule has 0 radical (unpaired) electrons. The van der Waals surface area contributed by atoms with Gasteiger partial charge in [-0.2, -0.15) is 5.10 Å². The van der Waals surface area contributed by atoms with Gasteiger partial charge in [-0.15, -0.1) is 0 Å². The lowest BCUT2D eigenvalue weighted by Crippen LogP contribution is -2.11. The van der Waals surface area contributed by atoms with Crippen molar-refractivity contribution in [1.29, 1.82) is 0 Å². The Labute approximate surface area is 196 Å². The fraction of sp³-hybridized carbons (Fsp3) is 0.160. The van der Waals surface area contributed by atoms with E-state index in [0.717, 1.165) is 11.1 Å². The SMILES string of the molecule is Cc1cc(C)cc(S(=O)(=O)c2nn(CCC(=O)O)c3ccc(C(=O)Nc4ccccc4)cc23)c1. The van der Waals surface area contributed by atoms with Crippen molar-refractivity contribution in [3.8, 4) is 0 Å². The maximum atomic E-state index is 13.6. The van der Waals surface area contributed by atoms with Crippen molar-refractivity contribution in [3.63, 3.8) is 0 Å². The zero-order valence-corrected chi connectivity index (χ0v) is 19.5. The summed E-state index contributed by atoms with van der Waals surface area (Å²) in [5.74, 6) is -1.43. The lowest BCUT2D eigenvalue weighted by atomic mass is 10.1. The molecule has 0 aliphatic carbocycles. The topological polar surface area (TPSA) is 118 Å². The number of aliphatic carboxylic acids is 1. The van der Waals surface area contributed by atoms with E-state index in [1.165, 1.54) is 10.7 Å². The van der Waals surface area contributed by atoms with Crippen molar-refractivity contribution in [1.82, 2.24) is 9.78 Å². The molecule has 0 saturated heterocycles. The van der Waals surface area contributed by atoms with Gasteiger partial charge in [0.1, 0.15) is 0 Å². The molecule has 0 aliphatic heterocycles. The molecule has 3 aromatic carbocycles. The highest BCUT2D eigenvalue weighted by Crippen LogP contribution is 2.30. The highest BCUT2D eigenvalue weighted by atomic mass is 32.2. The van der Waals surface area contributed by atoms with Crippen LogP contribution in [0.25, 0.3) is 10.9 Å². The number of fused-ring (bicyclic) bond motifs is 1. The average molecular weight is 478 g/mol. The van der Waals surface area contributed by atoms with Crippen LogP contribution in [0.1, 0.15) is 27.9 Å². The normalized spacial score (nSPS) is 11.5. The van der Waals surface area contributed by atoms with E-state index >= 15 is 0 Å². The van der Waals surface area contributed by atoms with E-state index in [-0.39, 0.29) is 33.8 Å². The molecule has 8 nitrogen and oxygen atoms in total.